The number of aryl methyl sites for hydroxylation is 1. The molecule has 1 aromatic carbocycles. The largest absolute Gasteiger partial charge is 0.465 e. The summed E-state index contributed by atoms with van der Waals surface area (Å²) < 4.78 is 11.3. The second-order valence-electron chi connectivity index (χ2n) is 5.23. The third-order valence-electron chi connectivity index (χ3n) is 3.18. The number of hydrogen-bond donors (Lipinski definition) is 0. The number of rotatable bonds is 4. The first kappa shape index (κ1) is 15.7. The van der Waals surface area contributed by atoms with Gasteiger partial charge in [0.2, 0.25) is 11.7 Å². The maximum absolute atomic E-state index is 12.0. The van der Waals surface area contributed by atoms with Gasteiger partial charge in [0.1, 0.15) is 5.41 Å². The zero-order valence-corrected chi connectivity index (χ0v) is 14.0. The van der Waals surface area contributed by atoms with E-state index in [9.17, 15) is 4.79 Å². The van der Waals surface area contributed by atoms with E-state index in [4.69, 9.17) is 9.26 Å². The Labute approximate surface area is 131 Å². The molecule has 112 valence electrons. The summed E-state index contributed by atoms with van der Waals surface area (Å²) in [6.07, 6.45) is 0. The summed E-state index contributed by atoms with van der Waals surface area (Å²) in [6.45, 7) is 7.45. The van der Waals surface area contributed by atoms with Gasteiger partial charge in [0.25, 0.3) is 0 Å². The van der Waals surface area contributed by atoms with Gasteiger partial charge in [0.05, 0.1) is 6.61 Å². The number of ether oxygens (including phenoxy) is 1. The van der Waals surface area contributed by atoms with Gasteiger partial charge in [0, 0.05) is 10.0 Å². The lowest BCUT2D eigenvalue weighted by atomic mass is 9.93. The van der Waals surface area contributed by atoms with Crippen LogP contribution in [0.25, 0.3) is 11.4 Å². The molecule has 1 heterocycles. The van der Waals surface area contributed by atoms with Crippen molar-refractivity contribution in [1.29, 1.82) is 0 Å². The molecule has 0 spiro atoms. The minimum absolute atomic E-state index is 0.248. The molecular weight excluding hydrogens is 336 g/mol. The number of esters is 1. The van der Waals surface area contributed by atoms with Gasteiger partial charge in [-0.1, -0.05) is 21.1 Å². The average molecular weight is 353 g/mol. The van der Waals surface area contributed by atoms with Crippen LogP contribution in [-0.4, -0.2) is 22.7 Å². The molecule has 0 saturated carbocycles. The summed E-state index contributed by atoms with van der Waals surface area (Å²) in [5, 5.41) is 3.98. The molecule has 21 heavy (non-hydrogen) atoms. The van der Waals surface area contributed by atoms with Crippen LogP contribution in [0.4, 0.5) is 0 Å². The second kappa shape index (κ2) is 5.97. The summed E-state index contributed by atoms with van der Waals surface area (Å²) in [5.41, 5.74) is 0.920. The molecule has 0 N–H and O–H groups in total. The Hall–Kier alpha value is -1.69. The van der Waals surface area contributed by atoms with Crippen molar-refractivity contribution in [3.8, 4) is 11.4 Å². The first-order valence-corrected chi connectivity index (χ1v) is 7.43. The fourth-order valence-corrected chi connectivity index (χ4v) is 2.34. The molecule has 1 aromatic heterocycles. The van der Waals surface area contributed by atoms with E-state index < -0.39 is 5.41 Å². The fourth-order valence-electron chi connectivity index (χ4n) is 1.86. The molecule has 2 rings (SSSR count). The Morgan fingerprint density at radius 2 is 2.14 bits per heavy atom. The number of nitrogens with zero attached hydrogens (tertiary/aromatic N) is 2. The van der Waals surface area contributed by atoms with Crippen LogP contribution in [0.5, 0.6) is 0 Å². The van der Waals surface area contributed by atoms with Crippen LogP contribution in [0, 0.1) is 6.92 Å². The van der Waals surface area contributed by atoms with Crippen molar-refractivity contribution < 1.29 is 14.1 Å². The predicted molar refractivity (Wildman–Crippen MR) is 81.8 cm³/mol. The second-order valence-corrected chi connectivity index (χ2v) is 6.14. The topological polar surface area (TPSA) is 65.2 Å². The number of carbonyl (C=O) groups is 1. The molecule has 6 heteroatoms. The lowest BCUT2D eigenvalue weighted by Gasteiger charge is -2.17. The maximum Gasteiger partial charge on any atom is 0.321 e. The molecule has 0 fully saturated rings. The van der Waals surface area contributed by atoms with Crippen LogP contribution in [0.15, 0.2) is 27.2 Å². The van der Waals surface area contributed by atoms with Crippen LogP contribution in [0.1, 0.15) is 32.2 Å². The average Bonchev–Trinajstić information content (AvgIpc) is 2.89. The zero-order valence-electron chi connectivity index (χ0n) is 12.4. The van der Waals surface area contributed by atoms with Gasteiger partial charge in [-0.25, -0.2) is 0 Å². The maximum atomic E-state index is 12.0. The molecule has 0 unspecified atom stereocenters. The highest BCUT2D eigenvalue weighted by Crippen LogP contribution is 2.28. The molecule has 0 aliphatic carbocycles. The standard InChI is InChI=1S/C15H17BrN2O3/c1-5-20-14(19)15(3,4)13-17-12(18-21-13)11-7-6-10(16)8-9(11)2/h6-8H,5H2,1-4H3. The monoisotopic (exact) mass is 352 g/mol. The van der Waals surface area contributed by atoms with E-state index in [2.05, 4.69) is 26.1 Å². The van der Waals surface area contributed by atoms with Crippen LogP contribution in [-0.2, 0) is 14.9 Å². The number of aromatic nitrogens is 2. The Morgan fingerprint density at radius 1 is 1.43 bits per heavy atom. The van der Waals surface area contributed by atoms with E-state index in [1.165, 1.54) is 0 Å². The number of halogens is 1. The van der Waals surface area contributed by atoms with Gasteiger partial charge in [-0.15, -0.1) is 0 Å². The molecule has 0 atom stereocenters. The molecule has 0 aliphatic rings. The third kappa shape index (κ3) is 3.15. The van der Waals surface area contributed by atoms with Crippen molar-refractivity contribution in [3.63, 3.8) is 0 Å². The van der Waals surface area contributed by atoms with Crippen LogP contribution in [0.3, 0.4) is 0 Å². The summed E-state index contributed by atoms with van der Waals surface area (Å²) in [7, 11) is 0. The van der Waals surface area contributed by atoms with Gasteiger partial charge in [0.15, 0.2) is 0 Å². The van der Waals surface area contributed by atoms with Crippen molar-refractivity contribution in [1.82, 2.24) is 10.1 Å². The number of benzene rings is 1. The molecule has 0 amide bonds. The van der Waals surface area contributed by atoms with Crippen LogP contribution < -0.4 is 0 Å². The molecule has 2 aromatic rings. The quantitative estimate of drug-likeness (QED) is 0.785. The first-order chi connectivity index (χ1) is 9.86. The van der Waals surface area contributed by atoms with Gasteiger partial charge < -0.3 is 9.26 Å². The number of hydrogen-bond acceptors (Lipinski definition) is 5. The number of carbonyl (C=O) groups excluding carboxylic acids is 1. The highest BCUT2D eigenvalue weighted by Gasteiger charge is 2.37. The Morgan fingerprint density at radius 3 is 2.76 bits per heavy atom. The van der Waals surface area contributed by atoms with Gasteiger partial charge >= 0.3 is 5.97 Å². The summed E-state index contributed by atoms with van der Waals surface area (Å²) in [4.78, 5) is 16.3. The minimum Gasteiger partial charge on any atom is -0.465 e. The summed E-state index contributed by atoms with van der Waals surface area (Å²) in [6, 6.07) is 5.79. The smallest absolute Gasteiger partial charge is 0.321 e. The predicted octanol–water partition coefficient (Wildman–Crippen LogP) is 3.65. The highest BCUT2D eigenvalue weighted by atomic mass is 79.9. The zero-order chi connectivity index (χ0) is 15.6. The third-order valence-corrected chi connectivity index (χ3v) is 3.67. The fraction of sp³-hybridized carbons (Fsp3) is 0.400. The van der Waals surface area contributed by atoms with E-state index in [0.717, 1.165) is 15.6 Å². The first-order valence-electron chi connectivity index (χ1n) is 6.64. The summed E-state index contributed by atoms with van der Waals surface area (Å²) >= 11 is 3.42. The van der Waals surface area contributed by atoms with E-state index in [1.54, 1.807) is 20.8 Å². The molecule has 0 radical (unpaired) electrons. The van der Waals surface area contributed by atoms with Gasteiger partial charge in [-0.05, 0) is 51.5 Å². The Kier molecular flexibility index (Phi) is 4.46. The van der Waals surface area contributed by atoms with Crippen LogP contribution >= 0.6 is 15.9 Å². The molecule has 0 bridgehead atoms. The van der Waals surface area contributed by atoms with Crippen molar-refractivity contribution in [2.45, 2.75) is 33.1 Å². The van der Waals surface area contributed by atoms with Crippen molar-refractivity contribution in [2.75, 3.05) is 6.61 Å². The lowest BCUT2D eigenvalue weighted by Crippen LogP contribution is -2.31. The van der Waals surface area contributed by atoms with Gasteiger partial charge in [-0.2, -0.15) is 4.98 Å². The highest BCUT2D eigenvalue weighted by molar-refractivity contribution is 9.10. The Balaban J connectivity index is 2.35. The molecular formula is C15H17BrN2O3. The summed E-state index contributed by atoms with van der Waals surface area (Å²) in [5.74, 6) is 0.332. The van der Waals surface area contributed by atoms with Crippen molar-refractivity contribution >= 4 is 21.9 Å². The van der Waals surface area contributed by atoms with Crippen molar-refractivity contribution in [2.24, 2.45) is 0 Å². The normalized spacial score (nSPS) is 11.5. The SMILES string of the molecule is CCOC(=O)C(C)(C)c1nc(-c2ccc(Br)cc2C)no1. The molecule has 0 saturated heterocycles. The van der Waals surface area contributed by atoms with E-state index >= 15 is 0 Å². The van der Waals surface area contributed by atoms with Crippen molar-refractivity contribution in [3.05, 3.63) is 34.1 Å². The van der Waals surface area contributed by atoms with E-state index in [-0.39, 0.29) is 11.9 Å². The van der Waals surface area contributed by atoms with Crippen LogP contribution in [0.2, 0.25) is 0 Å². The van der Waals surface area contributed by atoms with E-state index in [1.807, 2.05) is 25.1 Å². The molecule has 0 aliphatic heterocycles. The Bertz CT molecular complexity index is 665. The molecule has 5 nitrogen and oxygen atoms in total. The lowest BCUT2D eigenvalue weighted by molar-refractivity contribution is -0.149. The van der Waals surface area contributed by atoms with E-state index in [0.29, 0.717) is 12.4 Å². The van der Waals surface area contributed by atoms with Gasteiger partial charge in [-0.3, -0.25) is 4.79 Å². The minimum atomic E-state index is -0.968.